The van der Waals surface area contributed by atoms with Gasteiger partial charge in [-0.05, 0) is 12.5 Å². The first-order valence-corrected chi connectivity index (χ1v) is 5.25. The maximum atomic E-state index is 11.1. The first-order valence-electron chi connectivity index (χ1n) is 5.25. The van der Waals surface area contributed by atoms with Gasteiger partial charge in [-0.2, -0.15) is 0 Å². The van der Waals surface area contributed by atoms with Crippen LogP contribution in [0.2, 0.25) is 0 Å². The highest BCUT2D eigenvalue weighted by atomic mass is 16.6. The Labute approximate surface area is 103 Å². The highest BCUT2D eigenvalue weighted by Gasteiger charge is 2.21. The molecule has 7 heteroatoms. The maximum Gasteiger partial charge on any atom is 0.269 e. The van der Waals surface area contributed by atoms with Gasteiger partial charge >= 0.3 is 0 Å². The smallest absolute Gasteiger partial charge is 0.269 e. The second-order valence-corrected chi connectivity index (χ2v) is 3.97. The van der Waals surface area contributed by atoms with Gasteiger partial charge in [0.2, 0.25) is 6.54 Å². The van der Waals surface area contributed by atoms with Crippen LogP contribution in [0.15, 0.2) is 24.3 Å². The molecule has 1 rings (SSSR count). The summed E-state index contributed by atoms with van der Waals surface area (Å²) in [5.74, 6) is -0.814. The summed E-state index contributed by atoms with van der Waals surface area (Å²) in [5.41, 5.74) is 0.306. The molecule has 7 nitrogen and oxygen atoms in total. The van der Waals surface area contributed by atoms with Crippen LogP contribution in [-0.4, -0.2) is 22.2 Å². The summed E-state index contributed by atoms with van der Waals surface area (Å²) in [5, 5.41) is 21.2. The molecule has 0 aliphatic heterocycles. The molecule has 0 bridgehead atoms. The van der Waals surface area contributed by atoms with Crippen molar-refractivity contribution in [2.24, 2.45) is 0 Å². The lowest BCUT2D eigenvalue weighted by molar-refractivity contribution is -0.483. The van der Waals surface area contributed by atoms with Gasteiger partial charge in [0.15, 0.2) is 0 Å². The molecule has 0 aliphatic carbocycles. The van der Waals surface area contributed by atoms with Crippen LogP contribution < -0.4 is 0 Å². The fourth-order valence-electron chi connectivity index (χ4n) is 1.71. The number of rotatable bonds is 6. The molecule has 18 heavy (non-hydrogen) atoms. The van der Waals surface area contributed by atoms with E-state index in [0.29, 0.717) is 5.56 Å². The van der Waals surface area contributed by atoms with Crippen molar-refractivity contribution in [1.82, 2.24) is 0 Å². The van der Waals surface area contributed by atoms with Gasteiger partial charge in [-0.15, -0.1) is 0 Å². The number of Topliss-reactive ketones (excluding diaryl/α,β-unsaturated/α-hetero) is 1. The molecule has 0 saturated carbocycles. The minimum absolute atomic E-state index is 0.00213. The number of non-ortho nitro benzene ring substituents is 1. The second-order valence-electron chi connectivity index (χ2n) is 3.97. The molecule has 0 N–H and O–H groups in total. The molecule has 0 unspecified atom stereocenters. The standard InChI is InChI=1S/C11H12N2O5/c1-8(14)5-10(7-12(15)16)9-3-2-4-11(6-9)13(17)18/h2-4,6,10H,5,7H2,1H3/t10-/m0/s1. The largest absolute Gasteiger partial charge is 0.300 e. The van der Waals surface area contributed by atoms with Gasteiger partial charge in [0, 0.05) is 23.5 Å². The SMILES string of the molecule is CC(=O)C[C@@H](C[N+](=O)[O-])c1cccc([N+](=O)[O-])c1. The van der Waals surface area contributed by atoms with E-state index in [0.717, 1.165) is 0 Å². The summed E-state index contributed by atoms with van der Waals surface area (Å²) >= 11 is 0. The van der Waals surface area contributed by atoms with Crippen molar-refractivity contribution >= 4 is 11.5 Å². The highest BCUT2D eigenvalue weighted by molar-refractivity contribution is 5.76. The van der Waals surface area contributed by atoms with Crippen molar-refractivity contribution in [3.05, 3.63) is 50.1 Å². The lowest BCUT2D eigenvalue weighted by Gasteiger charge is -2.11. The quantitative estimate of drug-likeness (QED) is 0.568. The third-order valence-electron chi connectivity index (χ3n) is 2.46. The van der Waals surface area contributed by atoms with E-state index in [2.05, 4.69) is 0 Å². The van der Waals surface area contributed by atoms with E-state index in [-0.39, 0.29) is 17.9 Å². The Kier molecular flexibility index (Phi) is 4.47. The first-order chi connectivity index (χ1) is 8.40. The second kappa shape index (κ2) is 5.85. The van der Waals surface area contributed by atoms with Crippen LogP contribution in [-0.2, 0) is 4.79 Å². The summed E-state index contributed by atoms with van der Waals surface area (Å²) < 4.78 is 0. The van der Waals surface area contributed by atoms with E-state index in [9.17, 15) is 25.0 Å². The third kappa shape index (κ3) is 3.93. The number of nitro benzene ring substituents is 1. The van der Waals surface area contributed by atoms with Gasteiger partial charge in [0.25, 0.3) is 5.69 Å². The predicted molar refractivity (Wildman–Crippen MR) is 63.0 cm³/mol. The predicted octanol–water partition coefficient (Wildman–Crippen LogP) is 1.93. The first kappa shape index (κ1) is 13.8. The van der Waals surface area contributed by atoms with Crippen molar-refractivity contribution in [3.8, 4) is 0 Å². The fraction of sp³-hybridized carbons (Fsp3) is 0.364. The van der Waals surface area contributed by atoms with E-state index in [4.69, 9.17) is 0 Å². The van der Waals surface area contributed by atoms with Crippen LogP contribution in [0.4, 0.5) is 5.69 Å². The minimum atomic E-state index is -0.627. The number of carbonyl (C=O) groups is 1. The monoisotopic (exact) mass is 252 g/mol. The Morgan fingerprint density at radius 3 is 2.50 bits per heavy atom. The maximum absolute atomic E-state index is 11.1. The Morgan fingerprint density at radius 2 is 2.00 bits per heavy atom. The van der Waals surface area contributed by atoms with Gasteiger partial charge in [0.05, 0.1) is 10.8 Å². The highest BCUT2D eigenvalue weighted by Crippen LogP contribution is 2.24. The molecule has 0 aliphatic rings. The molecule has 0 radical (unpaired) electrons. The molecule has 0 amide bonds. The molecular formula is C11H12N2O5. The molecule has 0 aromatic heterocycles. The fourth-order valence-corrected chi connectivity index (χ4v) is 1.71. The number of benzene rings is 1. The van der Waals surface area contributed by atoms with Crippen LogP contribution in [0.5, 0.6) is 0 Å². The molecule has 0 heterocycles. The molecule has 0 fully saturated rings. The summed E-state index contributed by atoms with van der Waals surface area (Å²) in [6.07, 6.45) is 0.00213. The Bertz CT molecular complexity index is 470. The van der Waals surface area contributed by atoms with Crippen molar-refractivity contribution in [2.75, 3.05) is 6.54 Å². The van der Waals surface area contributed by atoms with Gasteiger partial charge < -0.3 is 4.79 Å². The zero-order chi connectivity index (χ0) is 13.7. The Hall–Kier alpha value is -2.31. The van der Waals surface area contributed by atoms with Gasteiger partial charge in [0.1, 0.15) is 5.78 Å². The molecule has 1 aromatic carbocycles. The lowest BCUT2D eigenvalue weighted by Crippen LogP contribution is -2.15. The lowest BCUT2D eigenvalue weighted by atomic mass is 9.94. The summed E-state index contributed by atoms with van der Waals surface area (Å²) in [7, 11) is 0. The number of nitrogens with zero attached hydrogens (tertiary/aromatic N) is 2. The third-order valence-corrected chi connectivity index (χ3v) is 2.46. The van der Waals surface area contributed by atoms with E-state index in [1.165, 1.54) is 25.1 Å². The normalized spacial score (nSPS) is 11.8. The van der Waals surface area contributed by atoms with Crippen LogP contribution in [0.25, 0.3) is 0 Å². The molecule has 1 atom stereocenters. The topological polar surface area (TPSA) is 103 Å². The van der Waals surface area contributed by atoms with E-state index in [1.54, 1.807) is 6.07 Å². The average molecular weight is 252 g/mol. The van der Waals surface area contributed by atoms with E-state index >= 15 is 0 Å². The van der Waals surface area contributed by atoms with Crippen molar-refractivity contribution in [3.63, 3.8) is 0 Å². The number of ketones is 1. The molecule has 0 saturated heterocycles. The average Bonchev–Trinajstić information content (AvgIpc) is 2.27. The van der Waals surface area contributed by atoms with Crippen LogP contribution in [0.1, 0.15) is 24.8 Å². The zero-order valence-electron chi connectivity index (χ0n) is 9.74. The summed E-state index contributed by atoms with van der Waals surface area (Å²) in [6.45, 7) is 0.922. The summed E-state index contributed by atoms with van der Waals surface area (Å²) in [6, 6.07) is 5.60. The van der Waals surface area contributed by atoms with Crippen LogP contribution in [0.3, 0.4) is 0 Å². The van der Waals surface area contributed by atoms with Crippen molar-refractivity contribution in [1.29, 1.82) is 0 Å². The van der Waals surface area contributed by atoms with Gasteiger partial charge in [-0.25, -0.2) is 0 Å². The van der Waals surface area contributed by atoms with Crippen LogP contribution >= 0.6 is 0 Å². The van der Waals surface area contributed by atoms with Crippen molar-refractivity contribution < 1.29 is 14.6 Å². The molecule has 0 spiro atoms. The van der Waals surface area contributed by atoms with E-state index in [1.807, 2.05) is 0 Å². The molecular weight excluding hydrogens is 240 g/mol. The van der Waals surface area contributed by atoms with Crippen LogP contribution in [0, 0.1) is 20.2 Å². The van der Waals surface area contributed by atoms with Gasteiger partial charge in [-0.1, -0.05) is 12.1 Å². The molecule has 96 valence electrons. The zero-order valence-corrected chi connectivity index (χ0v) is 9.74. The number of hydrogen-bond donors (Lipinski definition) is 0. The van der Waals surface area contributed by atoms with Gasteiger partial charge in [-0.3, -0.25) is 20.2 Å². The minimum Gasteiger partial charge on any atom is -0.300 e. The van der Waals surface area contributed by atoms with Crippen molar-refractivity contribution in [2.45, 2.75) is 19.3 Å². The summed E-state index contributed by atoms with van der Waals surface area (Å²) in [4.78, 5) is 31.1. The number of nitro groups is 2. The van der Waals surface area contributed by atoms with E-state index < -0.39 is 22.3 Å². The number of carbonyl (C=O) groups excluding carboxylic acids is 1. The Balaban J connectivity index is 3.03. The number of hydrogen-bond acceptors (Lipinski definition) is 5. The Morgan fingerprint density at radius 1 is 1.33 bits per heavy atom. The molecule has 1 aromatic rings.